The first-order valence-electron chi connectivity index (χ1n) is 16.6. The lowest BCUT2D eigenvalue weighted by atomic mass is 9.91. The number of thiophene rings is 1. The maximum Gasteiger partial charge on any atom is 0.151 e. The maximum atomic E-state index is 6.40. The Morgan fingerprint density at radius 1 is 0.347 bits per heavy atom. The van der Waals surface area contributed by atoms with Crippen molar-refractivity contribution in [3.63, 3.8) is 0 Å². The van der Waals surface area contributed by atoms with E-state index in [2.05, 4.69) is 157 Å². The zero-order chi connectivity index (χ0) is 32.3. The molecule has 0 N–H and O–H groups in total. The molecule has 49 heavy (non-hydrogen) atoms. The number of para-hydroxylation sites is 4. The van der Waals surface area contributed by atoms with Crippen molar-refractivity contribution in [2.75, 3.05) is 4.90 Å². The van der Waals surface area contributed by atoms with Gasteiger partial charge in [-0.15, -0.1) is 11.3 Å². The molecule has 0 saturated heterocycles. The van der Waals surface area contributed by atoms with Crippen LogP contribution in [0.2, 0.25) is 0 Å². The summed E-state index contributed by atoms with van der Waals surface area (Å²) in [7, 11) is 0. The van der Waals surface area contributed by atoms with Gasteiger partial charge in [0.25, 0.3) is 0 Å². The highest BCUT2D eigenvalue weighted by atomic mass is 32.1. The molecule has 0 spiro atoms. The number of fused-ring (bicyclic) bond motifs is 8. The van der Waals surface area contributed by atoms with Crippen LogP contribution in [0.15, 0.2) is 176 Å². The summed E-state index contributed by atoms with van der Waals surface area (Å²) in [6, 6.07) is 63.3. The Bertz CT molecular complexity index is 2630. The van der Waals surface area contributed by atoms with E-state index in [1.807, 2.05) is 35.6 Å². The molecular formula is C46H29NOS. The van der Waals surface area contributed by atoms with Crippen molar-refractivity contribution in [1.29, 1.82) is 0 Å². The van der Waals surface area contributed by atoms with Gasteiger partial charge in [0.1, 0.15) is 0 Å². The number of ether oxygens (including phenoxy) is 1. The second-order valence-electron chi connectivity index (χ2n) is 12.5. The molecule has 0 bridgehead atoms. The molecule has 0 radical (unpaired) electrons. The largest absolute Gasteiger partial charge is 0.453 e. The van der Waals surface area contributed by atoms with Gasteiger partial charge in [0.2, 0.25) is 0 Å². The average Bonchev–Trinajstić information content (AvgIpc) is 3.68. The van der Waals surface area contributed by atoms with E-state index in [9.17, 15) is 0 Å². The van der Waals surface area contributed by atoms with Gasteiger partial charge in [-0.05, 0) is 115 Å². The maximum absolute atomic E-state index is 6.40. The van der Waals surface area contributed by atoms with E-state index >= 15 is 0 Å². The molecule has 1 aromatic heterocycles. The molecule has 0 fully saturated rings. The zero-order valence-electron chi connectivity index (χ0n) is 26.5. The van der Waals surface area contributed by atoms with E-state index in [1.54, 1.807) is 0 Å². The van der Waals surface area contributed by atoms with Crippen LogP contribution in [-0.2, 0) is 0 Å². The molecule has 0 amide bonds. The molecule has 0 saturated carbocycles. The number of hydrogen-bond acceptors (Lipinski definition) is 3. The van der Waals surface area contributed by atoms with Crippen LogP contribution >= 0.6 is 11.3 Å². The first-order chi connectivity index (χ1) is 24.3. The fourth-order valence-corrected chi connectivity index (χ4v) is 8.37. The number of rotatable bonds is 4. The SMILES string of the molecule is c1ccc(-c2ccc(-c3cc(-c4ccc5c6ccccc6c6ccccc6c5c4)cc(N4c5ccccc5Oc5ccccc54)c3)s2)cc1. The van der Waals surface area contributed by atoms with Crippen LogP contribution in [0.4, 0.5) is 17.1 Å². The molecule has 1 aliphatic rings. The summed E-state index contributed by atoms with van der Waals surface area (Å²) in [6.07, 6.45) is 0. The lowest BCUT2D eigenvalue weighted by Crippen LogP contribution is -2.15. The Labute approximate surface area is 288 Å². The summed E-state index contributed by atoms with van der Waals surface area (Å²) in [4.78, 5) is 4.83. The standard InChI is InChI=1S/C46H29NOS/c1-2-12-30(13-3-1)45-24-25-46(49-45)33-26-32(27-34(28-33)47-41-18-8-10-20-43(41)48-44-21-11-9-19-42(44)47)31-22-23-39-37-16-5-4-14-35(37)36-15-6-7-17-38(36)40(39)29-31/h1-29H. The van der Waals surface area contributed by atoms with Crippen LogP contribution in [-0.4, -0.2) is 0 Å². The highest BCUT2D eigenvalue weighted by molar-refractivity contribution is 7.18. The fourth-order valence-electron chi connectivity index (χ4n) is 7.37. The van der Waals surface area contributed by atoms with Gasteiger partial charge in [0.15, 0.2) is 11.5 Å². The summed E-state index contributed by atoms with van der Waals surface area (Å²) < 4.78 is 6.40. The van der Waals surface area contributed by atoms with Gasteiger partial charge in [0.05, 0.1) is 11.4 Å². The average molecular weight is 644 g/mol. The van der Waals surface area contributed by atoms with Crippen LogP contribution < -0.4 is 9.64 Å². The van der Waals surface area contributed by atoms with E-state index in [4.69, 9.17) is 4.74 Å². The Morgan fingerprint density at radius 2 is 0.857 bits per heavy atom. The normalized spacial score (nSPS) is 12.2. The predicted octanol–water partition coefficient (Wildman–Crippen LogP) is 13.8. The Hall–Kier alpha value is -6.16. The molecule has 0 aliphatic carbocycles. The van der Waals surface area contributed by atoms with Gasteiger partial charge in [-0.1, -0.05) is 115 Å². The molecular weight excluding hydrogens is 615 g/mol. The lowest BCUT2D eigenvalue weighted by Gasteiger charge is -2.33. The Kier molecular flexibility index (Phi) is 6.39. The number of nitrogens with zero attached hydrogens (tertiary/aromatic N) is 1. The van der Waals surface area contributed by atoms with Crippen LogP contribution in [0.5, 0.6) is 11.5 Å². The zero-order valence-corrected chi connectivity index (χ0v) is 27.3. The summed E-state index contributed by atoms with van der Waals surface area (Å²) in [5, 5.41) is 7.67. The van der Waals surface area contributed by atoms with Crippen molar-refractivity contribution in [1.82, 2.24) is 0 Å². The Morgan fingerprint density at radius 3 is 1.51 bits per heavy atom. The van der Waals surface area contributed by atoms with Crippen LogP contribution in [0.1, 0.15) is 0 Å². The minimum atomic E-state index is 0.847. The second kappa shape index (κ2) is 11.2. The quantitative estimate of drug-likeness (QED) is 0.177. The highest BCUT2D eigenvalue weighted by Crippen LogP contribution is 2.51. The molecule has 0 unspecified atom stereocenters. The molecule has 0 atom stereocenters. The number of anilines is 3. The summed E-state index contributed by atoms with van der Waals surface area (Å²) in [6.45, 7) is 0. The smallest absolute Gasteiger partial charge is 0.151 e. The molecule has 1 aliphatic heterocycles. The van der Waals surface area contributed by atoms with Crippen molar-refractivity contribution < 1.29 is 4.74 Å². The van der Waals surface area contributed by atoms with E-state index < -0.39 is 0 Å². The minimum absolute atomic E-state index is 0.847. The fraction of sp³-hybridized carbons (Fsp3) is 0. The van der Waals surface area contributed by atoms with Crippen molar-refractivity contribution in [2.45, 2.75) is 0 Å². The van der Waals surface area contributed by atoms with Crippen LogP contribution in [0.25, 0.3) is 64.3 Å². The van der Waals surface area contributed by atoms with Gasteiger partial charge in [-0.25, -0.2) is 0 Å². The number of benzene rings is 8. The van der Waals surface area contributed by atoms with Crippen molar-refractivity contribution in [2.24, 2.45) is 0 Å². The molecule has 9 aromatic rings. The molecule has 2 nitrogen and oxygen atoms in total. The topological polar surface area (TPSA) is 12.5 Å². The Balaban J connectivity index is 1.22. The summed E-state index contributed by atoms with van der Waals surface area (Å²) in [5.74, 6) is 1.69. The van der Waals surface area contributed by atoms with E-state index in [0.717, 1.165) is 28.6 Å². The molecule has 230 valence electrons. The number of hydrogen-bond donors (Lipinski definition) is 0. The van der Waals surface area contributed by atoms with Gasteiger partial charge in [-0.3, -0.25) is 0 Å². The van der Waals surface area contributed by atoms with Gasteiger partial charge in [-0.2, -0.15) is 0 Å². The van der Waals surface area contributed by atoms with Crippen LogP contribution in [0, 0.1) is 0 Å². The minimum Gasteiger partial charge on any atom is -0.453 e. The van der Waals surface area contributed by atoms with E-state index in [-0.39, 0.29) is 0 Å². The molecule has 3 heteroatoms. The second-order valence-corrected chi connectivity index (χ2v) is 13.6. The summed E-state index contributed by atoms with van der Waals surface area (Å²) in [5.41, 5.74) is 7.92. The first-order valence-corrected chi connectivity index (χ1v) is 17.4. The predicted molar refractivity (Wildman–Crippen MR) is 208 cm³/mol. The van der Waals surface area contributed by atoms with Gasteiger partial charge in [0, 0.05) is 15.4 Å². The van der Waals surface area contributed by atoms with Crippen molar-refractivity contribution in [3.8, 4) is 43.5 Å². The van der Waals surface area contributed by atoms with Crippen molar-refractivity contribution >= 4 is 60.7 Å². The third kappa shape index (κ3) is 4.62. The third-order valence-electron chi connectivity index (χ3n) is 9.63. The highest BCUT2D eigenvalue weighted by Gasteiger charge is 2.26. The van der Waals surface area contributed by atoms with Crippen molar-refractivity contribution in [3.05, 3.63) is 176 Å². The van der Waals surface area contributed by atoms with Crippen LogP contribution in [0.3, 0.4) is 0 Å². The van der Waals surface area contributed by atoms with E-state index in [1.165, 1.54) is 64.3 Å². The third-order valence-corrected chi connectivity index (χ3v) is 10.8. The van der Waals surface area contributed by atoms with Gasteiger partial charge < -0.3 is 9.64 Å². The first kappa shape index (κ1) is 27.9. The molecule has 2 heterocycles. The van der Waals surface area contributed by atoms with Gasteiger partial charge >= 0.3 is 0 Å². The van der Waals surface area contributed by atoms with E-state index in [0.29, 0.717) is 0 Å². The monoisotopic (exact) mass is 643 g/mol. The lowest BCUT2D eigenvalue weighted by molar-refractivity contribution is 0.477. The molecule has 8 aromatic carbocycles. The molecule has 10 rings (SSSR count). The summed E-state index contributed by atoms with van der Waals surface area (Å²) >= 11 is 1.83.